The smallest absolute Gasteiger partial charge is 0.407 e. The molecule has 1 rings (SSSR count). The third kappa shape index (κ3) is 18.2. The summed E-state index contributed by atoms with van der Waals surface area (Å²) in [6, 6.07) is -1.05. The molecule has 0 radical (unpaired) electrons. The first-order chi connectivity index (χ1) is 24.5. The Hall–Kier alpha value is -3.76. The highest BCUT2D eigenvalue weighted by Gasteiger charge is 2.33. The number of alkyl carbamates (subject to hydrolysis) is 1. The van der Waals surface area contributed by atoms with Crippen LogP contribution in [0.15, 0.2) is 6.07 Å². The van der Waals surface area contributed by atoms with Crippen molar-refractivity contribution in [1.29, 1.82) is 0 Å². The number of hydrogen-bond acceptors (Lipinski definition) is 10. The quantitative estimate of drug-likeness (QED) is 0.0952. The second-order valence-electron chi connectivity index (χ2n) is 15.9. The monoisotopic (exact) mass is 754 g/mol. The number of nitrogens with one attached hydrogen (secondary N) is 5. The fourth-order valence-corrected chi connectivity index (χ4v) is 5.33. The number of aliphatic hydroxyl groups is 1. The van der Waals surface area contributed by atoms with Gasteiger partial charge in [-0.2, -0.15) is 5.10 Å². The standard InChI is InChI=1S/C37H67N7O9/c1-21(2)14-27(29(45)15-24(7)32(46)42-31(23(5)6)35(49)38-17-22(3)4)40-33(47)28(18-39-36(50)53-37(10,11)12)41-34(48)30(52-20-51-13)19-44-26(9)16-25(8)43-44/h16,21-24,27-31,45H,14-15,17-20H2,1-13H3,(H,38,49)(H,39,50)(H,40,47)(H,41,48)(H,42,46). The van der Waals surface area contributed by atoms with Gasteiger partial charge in [-0.05, 0) is 71.3 Å². The van der Waals surface area contributed by atoms with E-state index in [1.807, 2.05) is 61.5 Å². The molecule has 0 saturated carbocycles. The summed E-state index contributed by atoms with van der Waals surface area (Å²) in [5.41, 5.74) is 0.734. The topological polar surface area (TPSA) is 211 Å². The van der Waals surface area contributed by atoms with Gasteiger partial charge in [0.15, 0.2) is 6.10 Å². The van der Waals surface area contributed by atoms with Crippen LogP contribution in [0.5, 0.6) is 0 Å². The molecule has 0 fully saturated rings. The second kappa shape index (κ2) is 22.5. The summed E-state index contributed by atoms with van der Waals surface area (Å²) in [7, 11) is 1.41. The van der Waals surface area contributed by atoms with Gasteiger partial charge < -0.3 is 45.9 Å². The first-order valence-electron chi connectivity index (χ1n) is 18.5. The number of aromatic nitrogens is 2. The lowest BCUT2D eigenvalue weighted by molar-refractivity contribution is -0.146. The van der Waals surface area contributed by atoms with Gasteiger partial charge in [-0.25, -0.2) is 4.79 Å². The number of rotatable bonds is 22. The molecule has 0 saturated heterocycles. The van der Waals surface area contributed by atoms with Gasteiger partial charge in [-0.1, -0.05) is 48.5 Å². The summed E-state index contributed by atoms with van der Waals surface area (Å²) in [6.45, 7) is 21.8. The molecule has 16 nitrogen and oxygen atoms in total. The maximum Gasteiger partial charge on any atom is 0.407 e. The zero-order valence-corrected chi connectivity index (χ0v) is 34.1. The second-order valence-corrected chi connectivity index (χ2v) is 15.9. The van der Waals surface area contributed by atoms with Gasteiger partial charge in [0.2, 0.25) is 17.7 Å². The molecule has 0 bridgehead atoms. The lowest BCUT2D eigenvalue weighted by Gasteiger charge is -2.30. The fourth-order valence-electron chi connectivity index (χ4n) is 5.33. The molecular formula is C37H67N7O9. The highest BCUT2D eigenvalue weighted by atomic mass is 16.7. The summed E-state index contributed by atoms with van der Waals surface area (Å²) >= 11 is 0. The highest BCUT2D eigenvalue weighted by Crippen LogP contribution is 2.17. The van der Waals surface area contributed by atoms with Gasteiger partial charge in [-0.15, -0.1) is 0 Å². The van der Waals surface area contributed by atoms with Crippen LogP contribution in [-0.4, -0.2) is 108 Å². The number of ether oxygens (including phenoxy) is 3. The van der Waals surface area contributed by atoms with Crippen molar-refractivity contribution >= 4 is 29.7 Å². The van der Waals surface area contributed by atoms with E-state index in [2.05, 4.69) is 31.7 Å². The summed E-state index contributed by atoms with van der Waals surface area (Å²) in [5.74, 6) is -2.66. The van der Waals surface area contributed by atoms with E-state index < -0.39 is 65.7 Å². The Balaban J connectivity index is 3.24. The Morgan fingerprint density at radius 1 is 0.830 bits per heavy atom. The lowest BCUT2D eigenvalue weighted by atomic mass is 9.91. The largest absolute Gasteiger partial charge is 0.444 e. The molecular weight excluding hydrogens is 686 g/mol. The minimum Gasteiger partial charge on any atom is -0.444 e. The van der Waals surface area contributed by atoms with Crippen LogP contribution in [0.3, 0.4) is 0 Å². The third-order valence-electron chi connectivity index (χ3n) is 8.10. The molecule has 0 aliphatic carbocycles. The average molecular weight is 754 g/mol. The van der Waals surface area contributed by atoms with Crippen LogP contribution in [-0.2, 0) is 39.9 Å². The van der Waals surface area contributed by atoms with Crippen molar-refractivity contribution in [3.05, 3.63) is 17.5 Å². The molecule has 16 heteroatoms. The number of carbonyl (C=O) groups excluding carboxylic acids is 5. The number of aliphatic hydroxyl groups excluding tert-OH is 1. The van der Waals surface area contributed by atoms with Gasteiger partial charge in [0.25, 0.3) is 5.91 Å². The predicted octanol–water partition coefficient (Wildman–Crippen LogP) is 2.33. The summed E-state index contributed by atoms with van der Waals surface area (Å²) in [6.07, 6.45) is -2.78. The molecule has 1 heterocycles. The average Bonchev–Trinajstić information content (AvgIpc) is 3.36. The molecule has 304 valence electrons. The van der Waals surface area contributed by atoms with Gasteiger partial charge in [0.05, 0.1) is 30.9 Å². The summed E-state index contributed by atoms with van der Waals surface area (Å²) in [4.78, 5) is 66.2. The zero-order valence-electron chi connectivity index (χ0n) is 34.1. The van der Waals surface area contributed by atoms with Crippen molar-refractivity contribution in [3.63, 3.8) is 0 Å². The Morgan fingerprint density at radius 2 is 1.47 bits per heavy atom. The fraction of sp³-hybridized carbons (Fsp3) is 0.784. The normalized spacial score (nSPS) is 15.3. The van der Waals surface area contributed by atoms with Crippen molar-refractivity contribution in [2.75, 3.05) is 27.0 Å². The van der Waals surface area contributed by atoms with Gasteiger partial charge in [0.1, 0.15) is 24.5 Å². The SMILES string of the molecule is COCOC(Cn1nc(C)cc1C)C(=O)NC(CNC(=O)OC(C)(C)C)C(=O)NC(CC(C)C)C(O)CC(C)C(=O)NC(C(=O)NCC(C)C)C(C)C. The van der Waals surface area contributed by atoms with E-state index >= 15 is 0 Å². The van der Waals surface area contributed by atoms with Crippen molar-refractivity contribution in [2.45, 2.75) is 138 Å². The molecule has 0 aliphatic rings. The van der Waals surface area contributed by atoms with Crippen molar-refractivity contribution in [2.24, 2.45) is 23.7 Å². The van der Waals surface area contributed by atoms with Crippen LogP contribution >= 0.6 is 0 Å². The van der Waals surface area contributed by atoms with E-state index in [1.54, 1.807) is 32.4 Å². The molecule has 0 aliphatic heterocycles. The van der Waals surface area contributed by atoms with Gasteiger partial charge in [0, 0.05) is 25.3 Å². The van der Waals surface area contributed by atoms with Gasteiger partial charge in [-0.3, -0.25) is 23.9 Å². The highest BCUT2D eigenvalue weighted by molar-refractivity contribution is 5.90. The van der Waals surface area contributed by atoms with Crippen LogP contribution in [0.2, 0.25) is 0 Å². The molecule has 6 unspecified atom stereocenters. The van der Waals surface area contributed by atoms with E-state index in [-0.39, 0.29) is 50.0 Å². The number of amides is 5. The number of carbonyl (C=O) groups is 5. The predicted molar refractivity (Wildman–Crippen MR) is 200 cm³/mol. The molecule has 0 aromatic carbocycles. The number of aryl methyl sites for hydroxylation is 2. The first kappa shape index (κ1) is 47.3. The number of methoxy groups -OCH3 is 1. The Kier molecular flexibility index (Phi) is 20.0. The molecule has 1 aromatic heterocycles. The van der Waals surface area contributed by atoms with E-state index in [1.165, 1.54) is 7.11 Å². The number of hydrogen-bond donors (Lipinski definition) is 6. The van der Waals surface area contributed by atoms with E-state index in [9.17, 15) is 29.1 Å². The zero-order chi connectivity index (χ0) is 40.6. The minimum atomic E-state index is -1.32. The Morgan fingerprint density at radius 3 is 1.98 bits per heavy atom. The lowest BCUT2D eigenvalue weighted by Crippen LogP contribution is -2.58. The molecule has 6 atom stereocenters. The van der Waals surface area contributed by atoms with Crippen LogP contribution in [0, 0.1) is 37.5 Å². The summed E-state index contributed by atoms with van der Waals surface area (Å²) < 4.78 is 17.7. The van der Waals surface area contributed by atoms with Crippen LogP contribution < -0.4 is 26.6 Å². The Bertz CT molecular complexity index is 1330. The summed E-state index contributed by atoms with van der Waals surface area (Å²) in [5, 5.41) is 29.6. The maximum absolute atomic E-state index is 13.9. The third-order valence-corrected chi connectivity index (χ3v) is 8.10. The maximum atomic E-state index is 13.9. The van der Waals surface area contributed by atoms with Crippen molar-refractivity contribution in [3.8, 4) is 0 Å². The van der Waals surface area contributed by atoms with E-state index in [4.69, 9.17) is 14.2 Å². The van der Waals surface area contributed by atoms with Gasteiger partial charge >= 0.3 is 6.09 Å². The van der Waals surface area contributed by atoms with Crippen LogP contribution in [0.4, 0.5) is 4.79 Å². The number of nitrogens with zero attached hydrogens (tertiary/aromatic N) is 2. The molecule has 1 aromatic rings. The molecule has 0 spiro atoms. The Labute approximate surface area is 315 Å². The molecule has 5 amide bonds. The van der Waals surface area contributed by atoms with E-state index in [0.29, 0.717) is 13.0 Å². The van der Waals surface area contributed by atoms with Crippen molar-refractivity contribution in [1.82, 2.24) is 36.4 Å². The van der Waals surface area contributed by atoms with E-state index in [0.717, 1.165) is 11.4 Å². The minimum absolute atomic E-state index is 0.0222. The van der Waals surface area contributed by atoms with Crippen LogP contribution in [0.1, 0.15) is 93.5 Å². The van der Waals surface area contributed by atoms with Crippen LogP contribution in [0.25, 0.3) is 0 Å². The molecule has 53 heavy (non-hydrogen) atoms. The molecule has 6 N–H and O–H groups in total. The first-order valence-corrected chi connectivity index (χ1v) is 18.5. The van der Waals surface area contributed by atoms with Crippen molar-refractivity contribution < 1.29 is 43.3 Å².